The molecule has 86 heavy (non-hydrogen) atoms. The highest BCUT2D eigenvalue weighted by atomic mass is 16.6. The Kier molecular flexibility index (Phi) is 74.7. The van der Waals surface area contributed by atoms with Gasteiger partial charge in [-0.1, -0.05) is 396 Å². The van der Waals surface area contributed by atoms with E-state index in [0.717, 1.165) is 57.8 Å². The molecule has 1 unspecified atom stereocenters. The monoisotopic (exact) mass is 1200 g/mol. The quantitative estimate of drug-likeness (QED) is 0.0373. The summed E-state index contributed by atoms with van der Waals surface area (Å²) >= 11 is 0. The molecule has 0 aliphatic rings. The number of aliphatic hydroxyl groups is 1. The molecule has 5 heteroatoms. The first kappa shape index (κ1) is 83.6. The number of esters is 2. The number of carbonyl (C=O) groups is 2. The van der Waals surface area contributed by atoms with Crippen molar-refractivity contribution in [1.82, 2.24) is 0 Å². The van der Waals surface area contributed by atoms with Gasteiger partial charge in [-0.3, -0.25) is 9.59 Å². The van der Waals surface area contributed by atoms with E-state index in [1.54, 1.807) is 0 Å². The van der Waals surface area contributed by atoms with Gasteiger partial charge in [0.2, 0.25) is 0 Å². The summed E-state index contributed by atoms with van der Waals surface area (Å²) in [5.41, 5.74) is 0. The number of ether oxygens (including phenoxy) is 2. The molecule has 1 atom stereocenters. The largest absolute Gasteiger partial charge is 0.462 e. The summed E-state index contributed by atoms with van der Waals surface area (Å²) in [6.45, 7) is 4.09. The molecule has 0 heterocycles. The van der Waals surface area contributed by atoms with Gasteiger partial charge in [-0.2, -0.15) is 0 Å². The van der Waals surface area contributed by atoms with Crippen LogP contribution in [0.3, 0.4) is 0 Å². The van der Waals surface area contributed by atoms with Crippen LogP contribution in [0.15, 0.2) is 60.8 Å². The van der Waals surface area contributed by atoms with Crippen molar-refractivity contribution in [3.05, 3.63) is 60.8 Å². The summed E-state index contributed by atoms with van der Waals surface area (Å²) < 4.78 is 10.8. The Bertz CT molecular complexity index is 1460. The summed E-state index contributed by atoms with van der Waals surface area (Å²) in [4.78, 5) is 24.7. The molecule has 0 saturated carbocycles. The van der Waals surface area contributed by atoms with E-state index in [1.807, 2.05) is 0 Å². The molecule has 0 aromatic rings. The number of hydrogen-bond acceptors (Lipinski definition) is 5. The van der Waals surface area contributed by atoms with Crippen molar-refractivity contribution < 1.29 is 24.2 Å². The van der Waals surface area contributed by atoms with Gasteiger partial charge in [-0.15, -0.1) is 0 Å². The first-order valence-electron chi connectivity index (χ1n) is 38.8. The van der Waals surface area contributed by atoms with Gasteiger partial charge < -0.3 is 14.6 Å². The van der Waals surface area contributed by atoms with Crippen molar-refractivity contribution in [3.8, 4) is 0 Å². The molecule has 0 aliphatic carbocycles. The van der Waals surface area contributed by atoms with E-state index < -0.39 is 6.10 Å². The van der Waals surface area contributed by atoms with Crippen LogP contribution in [0.4, 0.5) is 0 Å². The van der Waals surface area contributed by atoms with Crippen LogP contribution in [0.25, 0.3) is 0 Å². The topological polar surface area (TPSA) is 72.8 Å². The van der Waals surface area contributed by atoms with E-state index in [-0.39, 0.29) is 25.2 Å². The normalized spacial score (nSPS) is 12.5. The zero-order valence-corrected chi connectivity index (χ0v) is 58.1. The fourth-order valence-electron chi connectivity index (χ4n) is 12.0. The second kappa shape index (κ2) is 76.8. The van der Waals surface area contributed by atoms with E-state index in [1.165, 1.54) is 340 Å². The SMILES string of the molecule is CC/C=C\C/C=C\C/C=C\C/C=C\CCCCCCCCCCCCCCCCCCCCC(=O)OC(CO)COC(=O)CCCCCCCCCCCCCCCCCCCCCCCCCCCCCCC/C=C\CCCCCCCCCC. The van der Waals surface area contributed by atoms with Gasteiger partial charge in [0.15, 0.2) is 6.10 Å². The zero-order valence-electron chi connectivity index (χ0n) is 58.1. The van der Waals surface area contributed by atoms with Crippen molar-refractivity contribution in [3.63, 3.8) is 0 Å². The lowest BCUT2D eigenvalue weighted by Gasteiger charge is -2.15. The van der Waals surface area contributed by atoms with E-state index >= 15 is 0 Å². The number of aliphatic hydroxyl groups excluding tert-OH is 1. The molecule has 0 aliphatic heterocycles. The minimum atomic E-state index is -0.772. The highest BCUT2D eigenvalue weighted by Crippen LogP contribution is 2.20. The molecular weight excluding hydrogens is 1050 g/mol. The van der Waals surface area contributed by atoms with Crippen LogP contribution in [0.1, 0.15) is 425 Å². The summed E-state index contributed by atoms with van der Waals surface area (Å²) in [5, 5.41) is 9.72. The Balaban J connectivity index is 3.36. The molecule has 0 saturated heterocycles. The Morgan fingerprint density at radius 1 is 0.279 bits per heavy atom. The number of carbonyl (C=O) groups excluding carboxylic acids is 2. The Hall–Kier alpha value is -2.40. The molecule has 0 spiro atoms. The molecule has 0 bridgehead atoms. The number of hydrogen-bond donors (Lipinski definition) is 1. The van der Waals surface area contributed by atoms with Crippen molar-refractivity contribution in [2.45, 2.75) is 431 Å². The van der Waals surface area contributed by atoms with Crippen molar-refractivity contribution >= 4 is 11.9 Å². The molecule has 0 rings (SSSR count). The molecule has 0 radical (unpaired) electrons. The van der Waals surface area contributed by atoms with E-state index in [0.29, 0.717) is 12.8 Å². The second-order valence-corrected chi connectivity index (χ2v) is 26.4. The lowest BCUT2D eigenvalue weighted by Crippen LogP contribution is -2.28. The summed E-state index contributed by atoms with van der Waals surface area (Å²) in [6.07, 6.45) is 106. The predicted molar refractivity (Wildman–Crippen MR) is 380 cm³/mol. The number of rotatable bonds is 73. The Morgan fingerprint density at radius 3 is 0.767 bits per heavy atom. The second-order valence-electron chi connectivity index (χ2n) is 26.4. The van der Waals surface area contributed by atoms with Crippen LogP contribution in [-0.2, 0) is 19.1 Å². The van der Waals surface area contributed by atoms with Crippen LogP contribution in [0, 0.1) is 0 Å². The smallest absolute Gasteiger partial charge is 0.306 e. The maximum Gasteiger partial charge on any atom is 0.306 e. The summed E-state index contributed by atoms with van der Waals surface area (Å²) in [7, 11) is 0. The van der Waals surface area contributed by atoms with E-state index in [2.05, 4.69) is 74.6 Å². The zero-order chi connectivity index (χ0) is 61.9. The fourth-order valence-corrected chi connectivity index (χ4v) is 12.0. The average molecular weight is 1200 g/mol. The minimum Gasteiger partial charge on any atom is -0.462 e. The van der Waals surface area contributed by atoms with Gasteiger partial charge in [0, 0.05) is 12.8 Å². The third-order valence-electron chi connectivity index (χ3n) is 17.8. The standard InChI is InChI=1S/C81H150O5/c1-3-5-7-9-11-13-15-17-19-21-23-25-27-29-31-33-35-36-37-38-39-40-41-42-43-44-46-47-49-51-53-55-57-59-61-63-65-67-69-71-73-75-80(83)85-78-79(77-82)86-81(84)76-74-72-70-68-66-64-62-60-58-56-54-52-50-48-45-34-32-30-28-26-24-22-20-18-16-14-12-10-8-6-4-2/h6,8,12,14,18,20-21,23-24,26,79,82H,3-5,7,9-11,13,15-17,19,22,25,27-78H2,1-2H3/b8-6-,14-12-,20-18-,23-21-,26-24-. The molecular formula is C81H150O5. The van der Waals surface area contributed by atoms with Gasteiger partial charge in [0.1, 0.15) is 6.61 Å². The maximum absolute atomic E-state index is 12.4. The first-order chi connectivity index (χ1) is 42.6. The molecule has 0 fully saturated rings. The van der Waals surface area contributed by atoms with Crippen LogP contribution >= 0.6 is 0 Å². The molecule has 0 aromatic heterocycles. The van der Waals surface area contributed by atoms with Crippen LogP contribution < -0.4 is 0 Å². The molecule has 1 N–H and O–H groups in total. The van der Waals surface area contributed by atoms with Gasteiger partial charge >= 0.3 is 11.9 Å². The minimum absolute atomic E-state index is 0.0605. The highest BCUT2D eigenvalue weighted by molar-refractivity contribution is 5.70. The fraction of sp³-hybridized carbons (Fsp3) is 0.852. The Morgan fingerprint density at radius 2 is 0.500 bits per heavy atom. The first-order valence-corrected chi connectivity index (χ1v) is 38.8. The predicted octanol–water partition coefficient (Wildman–Crippen LogP) is 27.2. The van der Waals surface area contributed by atoms with Crippen molar-refractivity contribution in [2.75, 3.05) is 13.2 Å². The molecule has 0 amide bonds. The van der Waals surface area contributed by atoms with Crippen molar-refractivity contribution in [1.29, 1.82) is 0 Å². The summed E-state index contributed by atoms with van der Waals surface area (Å²) in [6, 6.07) is 0. The lowest BCUT2D eigenvalue weighted by atomic mass is 10.0. The maximum atomic E-state index is 12.4. The third kappa shape index (κ3) is 74.1. The van der Waals surface area contributed by atoms with E-state index in [4.69, 9.17) is 9.47 Å². The van der Waals surface area contributed by atoms with Crippen LogP contribution in [-0.4, -0.2) is 36.4 Å². The molecule has 5 nitrogen and oxygen atoms in total. The van der Waals surface area contributed by atoms with Gasteiger partial charge in [0.05, 0.1) is 6.61 Å². The third-order valence-corrected chi connectivity index (χ3v) is 17.8. The van der Waals surface area contributed by atoms with Crippen LogP contribution in [0.5, 0.6) is 0 Å². The van der Waals surface area contributed by atoms with Gasteiger partial charge in [-0.05, 0) is 77.0 Å². The van der Waals surface area contributed by atoms with E-state index in [9.17, 15) is 14.7 Å². The van der Waals surface area contributed by atoms with Gasteiger partial charge in [-0.25, -0.2) is 0 Å². The number of allylic oxidation sites excluding steroid dienone is 10. The highest BCUT2D eigenvalue weighted by Gasteiger charge is 2.16. The van der Waals surface area contributed by atoms with Gasteiger partial charge in [0.25, 0.3) is 0 Å². The Labute approximate surface area is 538 Å². The number of unbranched alkanes of at least 4 members (excludes halogenated alkanes) is 55. The van der Waals surface area contributed by atoms with Crippen molar-refractivity contribution in [2.24, 2.45) is 0 Å². The molecule has 0 aromatic carbocycles. The average Bonchev–Trinajstić information content (AvgIpc) is 3.55. The lowest BCUT2D eigenvalue weighted by molar-refractivity contribution is -0.161. The molecule has 504 valence electrons. The summed E-state index contributed by atoms with van der Waals surface area (Å²) in [5.74, 6) is -0.567. The van der Waals surface area contributed by atoms with Crippen LogP contribution in [0.2, 0.25) is 0 Å².